The monoisotopic (exact) mass is 301 g/mol. The van der Waals surface area contributed by atoms with E-state index >= 15 is 0 Å². The lowest BCUT2D eigenvalue weighted by Gasteiger charge is -2.26. The molecule has 3 heterocycles. The van der Waals surface area contributed by atoms with Crippen LogP contribution in [0.2, 0.25) is 0 Å². The molecular formula is C15H19N5O2. The minimum Gasteiger partial charge on any atom is -0.338 e. The lowest BCUT2D eigenvalue weighted by Crippen LogP contribution is -2.37. The van der Waals surface area contributed by atoms with Crippen LogP contribution in [-0.4, -0.2) is 38.6 Å². The molecule has 2 aliphatic rings. The fourth-order valence-corrected chi connectivity index (χ4v) is 2.99. The molecule has 0 bridgehead atoms. The molecule has 7 nitrogen and oxygen atoms in total. The van der Waals surface area contributed by atoms with Crippen LogP contribution in [0.4, 0.5) is 5.88 Å². The fourth-order valence-electron chi connectivity index (χ4n) is 2.99. The van der Waals surface area contributed by atoms with Gasteiger partial charge in [0.05, 0.1) is 24.3 Å². The van der Waals surface area contributed by atoms with E-state index in [1.54, 1.807) is 6.07 Å². The molecule has 0 aromatic carbocycles. The van der Waals surface area contributed by atoms with Crippen LogP contribution in [0.15, 0.2) is 16.9 Å². The Morgan fingerprint density at radius 1 is 1.50 bits per heavy atom. The van der Waals surface area contributed by atoms with Gasteiger partial charge in [-0.15, -0.1) is 0 Å². The number of nitrogens with one attached hydrogen (secondary N) is 1. The van der Waals surface area contributed by atoms with Gasteiger partial charge in [0.2, 0.25) is 11.8 Å². The largest absolute Gasteiger partial charge is 0.338 e. The summed E-state index contributed by atoms with van der Waals surface area (Å²) in [6, 6.07) is 2.38. The van der Waals surface area contributed by atoms with Crippen molar-refractivity contribution in [1.82, 2.24) is 19.6 Å². The molecule has 0 unspecified atom stereocenters. The number of amides is 1. The first-order valence-electron chi connectivity index (χ1n) is 7.69. The number of fused-ring (bicyclic) bond motifs is 1. The second kappa shape index (κ2) is 5.24. The number of imidazole rings is 1. The van der Waals surface area contributed by atoms with Crippen LogP contribution in [0, 0.1) is 6.92 Å². The highest BCUT2D eigenvalue weighted by Crippen LogP contribution is 2.37. The Balaban J connectivity index is 1.37. The zero-order chi connectivity index (χ0) is 15.1. The number of carbonyl (C=O) groups is 1. The van der Waals surface area contributed by atoms with Crippen molar-refractivity contribution in [3.8, 4) is 0 Å². The maximum Gasteiger partial charge on any atom is 0.240 e. The first kappa shape index (κ1) is 13.5. The average Bonchev–Trinajstić information content (AvgIpc) is 3.12. The summed E-state index contributed by atoms with van der Waals surface area (Å²) in [6.07, 6.45) is 5.46. The maximum absolute atomic E-state index is 12.1. The molecule has 2 aromatic heterocycles. The Morgan fingerprint density at radius 3 is 3.09 bits per heavy atom. The van der Waals surface area contributed by atoms with E-state index in [0.717, 1.165) is 30.9 Å². The van der Waals surface area contributed by atoms with E-state index in [1.807, 2.05) is 13.3 Å². The van der Waals surface area contributed by atoms with Gasteiger partial charge in [0, 0.05) is 37.3 Å². The van der Waals surface area contributed by atoms with Gasteiger partial charge in [-0.25, -0.2) is 4.98 Å². The zero-order valence-corrected chi connectivity index (χ0v) is 12.6. The van der Waals surface area contributed by atoms with Crippen molar-refractivity contribution in [2.45, 2.75) is 38.8 Å². The second-order valence-corrected chi connectivity index (χ2v) is 6.12. The molecule has 0 saturated heterocycles. The highest BCUT2D eigenvalue weighted by atomic mass is 16.5. The van der Waals surface area contributed by atoms with Gasteiger partial charge in [0.1, 0.15) is 0 Å². The zero-order valence-electron chi connectivity index (χ0n) is 12.6. The van der Waals surface area contributed by atoms with Gasteiger partial charge in [-0.05, 0) is 19.8 Å². The smallest absolute Gasteiger partial charge is 0.240 e. The van der Waals surface area contributed by atoms with E-state index in [9.17, 15) is 4.79 Å². The molecule has 1 N–H and O–H groups in total. The predicted molar refractivity (Wildman–Crippen MR) is 79.3 cm³/mol. The third kappa shape index (κ3) is 2.64. The predicted octanol–water partition coefficient (Wildman–Crippen LogP) is 1.51. The van der Waals surface area contributed by atoms with Gasteiger partial charge in [0.15, 0.2) is 0 Å². The summed E-state index contributed by atoms with van der Waals surface area (Å²) < 4.78 is 7.32. The summed E-state index contributed by atoms with van der Waals surface area (Å²) in [6.45, 7) is 3.78. The standard InChI is InChI=1S/C15H19N5O2/c1-10-6-15(22-18-10)17-14(21)8-19-5-4-13-12(7-19)16-9-20(13)11-2-3-11/h6,9,11H,2-5,7-8H2,1H3,(H,17,21). The number of anilines is 1. The number of hydrogen-bond donors (Lipinski definition) is 1. The first-order valence-corrected chi connectivity index (χ1v) is 7.69. The summed E-state index contributed by atoms with van der Waals surface area (Å²) in [5.41, 5.74) is 3.22. The van der Waals surface area contributed by atoms with Gasteiger partial charge >= 0.3 is 0 Å². The normalized spacial score (nSPS) is 18.2. The van der Waals surface area contributed by atoms with Crippen LogP contribution in [0.5, 0.6) is 0 Å². The Hall–Kier alpha value is -2.15. The summed E-state index contributed by atoms with van der Waals surface area (Å²) in [7, 11) is 0. The maximum atomic E-state index is 12.1. The van der Waals surface area contributed by atoms with Crippen molar-refractivity contribution in [2.75, 3.05) is 18.4 Å². The van der Waals surface area contributed by atoms with Crippen molar-refractivity contribution in [2.24, 2.45) is 0 Å². The molecule has 2 aromatic rings. The summed E-state index contributed by atoms with van der Waals surface area (Å²) in [5, 5.41) is 6.49. The summed E-state index contributed by atoms with van der Waals surface area (Å²) >= 11 is 0. The number of hydrogen-bond acceptors (Lipinski definition) is 5. The first-order chi connectivity index (χ1) is 10.7. The highest BCUT2D eigenvalue weighted by Gasteiger charge is 2.29. The molecule has 1 amide bonds. The lowest BCUT2D eigenvalue weighted by molar-refractivity contribution is -0.117. The van der Waals surface area contributed by atoms with Gasteiger partial charge < -0.3 is 9.09 Å². The molecule has 1 aliphatic heterocycles. The summed E-state index contributed by atoms with van der Waals surface area (Å²) in [5.74, 6) is 0.319. The van der Waals surface area contributed by atoms with Crippen LogP contribution in [0.25, 0.3) is 0 Å². The van der Waals surface area contributed by atoms with Crippen LogP contribution < -0.4 is 5.32 Å². The summed E-state index contributed by atoms with van der Waals surface area (Å²) in [4.78, 5) is 18.7. The number of aromatic nitrogens is 3. The van der Waals surface area contributed by atoms with E-state index in [4.69, 9.17) is 4.52 Å². The quantitative estimate of drug-likeness (QED) is 0.926. The SMILES string of the molecule is Cc1cc(NC(=O)CN2CCc3c(ncn3C3CC3)C2)on1. The van der Waals surface area contributed by atoms with Crippen molar-refractivity contribution in [1.29, 1.82) is 0 Å². The molecule has 7 heteroatoms. The van der Waals surface area contributed by atoms with E-state index in [1.165, 1.54) is 18.5 Å². The Kier molecular flexibility index (Phi) is 3.22. The topological polar surface area (TPSA) is 76.2 Å². The van der Waals surface area contributed by atoms with Gasteiger partial charge in [-0.2, -0.15) is 0 Å². The van der Waals surface area contributed by atoms with Gasteiger partial charge in [-0.3, -0.25) is 15.0 Å². The van der Waals surface area contributed by atoms with Crippen molar-refractivity contribution >= 4 is 11.8 Å². The molecule has 1 fully saturated rings. The van der Waals surface area contributed by atoms with E-state index in [-0.39, 0.29) is 5.91 Å². The minimum absolute atomic E-state index is 0.0822. The van der Waals surface area contributed by atoms with Gasteiger partial charge in [0.25, 0.3) is 0 Å². The van der Waals surface area contributed by atoms with Crippen molar-refractivity contribution in [3.63, 3.8) is 0 Å². The van der Waals surface area contributed by atoms with Crippen LogP contribution in [-0.2, 0) is 17.8 Å². The number of aryl methyl sites for hydroxylation is 1. The molecule has 116 valence electrons. The molecule has 0 radical (unpaired) electrons. The molecule has 4 rings (SSSR count). The Bertz CT molecular complexity index is 701. The number of rotatable bonds is 4. The third-order valence-corrected chi connectivity index (χ3v) is 4.22. The molecule has 1 saturated carbocycles. The lowest BCUT2D eigenvalue weighted by atomic mass is 10.1. The minimum atomic E-state index is -0.0822. The average molecular weight is 301 g/mol. The third-order valence-electron chi connectivity index (χ3n) is 4.22. The Morgan fingerprint density at radius 2 is 2.36 bits per heavy atom. The van der Waals surface area contributed by atoms with Crippen LogP contribution in [0.1, 0.15) is 36.0 Å². The molecule has 1 aliphatic carbocycles. The van der Waals surface area contributed by atoms with E-state index in [2.05, 4.69) is 24.9 Å². The Labute approximate surface area is 128 Å². The van der Waals surface area contributed by atoms with Crippen LogP contribution in [0.3, 0.4) is 0 Å². The molecular weight excluding hydrogens is 282 g/mol. The van der Waals surface area contributed by atoms with E-state index < -0.39 is 0 Å². The van der Waals surface area contributed by atoms with E-state index in [0.29, 0.717) is 18.5 Å². The highest BCUT2D eigenvalue weighted by molar-refractivity contribution is 5.90. The van der Waals surface area contributed by atoms with Crippen molar-refractivity contribution in [3.05, 3.63) is 29.5 Å². The number of carbonyl (C=O) groups excluding carboxylic acids is 1. The number of nitrogens with zero attached hydrogens (tertiary/aromatic N) is 4. The molecule has 0 atom stereocenters. The van der Waals surface area contributed by atoms with Crippen molar-refractivity contribution < 1.29 is 9.32 Å². The van der Waals surface area contributed by atoms with Crippen LogP contribution >= 0.6 is 0 Å². The molecule has 22 heavy (non-hydrogen) atoms. The fraction of sp³-hybridized carbons (Fsp3) is 0.533. The molecule has 0 spiro atoms. The van der Waals surface area contributed by atoms with Gasteiger partial charge in [-0.1, -0.05) is 5.16 Å². The second-order valence-electron chi connectivity index (χ2n) is 6.12.